The minimum atomic E-state index is -4.05. The van der Waals surface area contributed by atoms with Gasteiger partial charge in [0, 0.05) is 19.5 Å². The van der Waals surface area contributed by atoms with E-state index >= 15 is 0 Å². The van der Waals surface area contributed by atoms with Crippen LogP contribution in [0, 0.1) is 0 Å². The summed E-state index contributed by atoms with van der Waals surface area (Å²) in [7, 11) is -4.05. The van der Waals surface area contributed by atoms with E-state index in [1.54, 1.807) is 23.1 Å². The summed E-state index contributed by atoms with van der Waals surface area (Å²) in [6.07, 6.45) is 2.97. The maximum atomic E-state index is 13.1. The Morgan fingerprint density at radius 1 is 0.931 bits per heavy atom. The van der Waals surface area contributed by atoms with Gasteiger partial charge in [0.25, 0.3) is 10.0 Å². The van der Waals surface area contributed by atoms with E-state index in [9.17, 15) is 18.0 Å². The van der Waals surface area contributed by atoms with Crippen molar-refractivity contribution in [2.24, 2.45) is 0 Å². The van der Waals surface area contributed by atoms with Gasteiger partial charge in [0.15, 0.2) is 0 Å². The number of benzene rings is 2. The Morgan fingerprint density at radius 3 is 2.21 bits per heavy atom. The van der Waals surface area contributed by atoms with Crippen LogP contribution in [0.2, 0.25) is 0 Å². The fraction of sp³-hybridized carbons (Fsp3) is 0.273. The predicted molar refractivity (Wildman–Crippen MR) is 109 cm³/mol. The average Bonchev–Trinajstić information content (AvgIpc) is 3.17. The molecule has 1 atom stereocenters. The Hall–Kier alpha value is -2.93. The highest BCUT2D eigenvalue weighted by molar-refractivity contribution is 7.89. The molecule has 0 aromatic heterocycles. The van der Waals surface area contributed by atoms with Gasteiger partial charge in [-0.05, 0) is 36.1 Å². The van der Waals surface area contributed by atoms with Crippen LogP contribution in [0.3, 0.4) is 0 Å². The first-order valence-corrected chi connectivity index (χ1v) is 11.1. The number of amides is 2. The summed E-state index contributed by atoms with van der Waals surface area (Å²) in [6, 6.07) is 16.8. The van der Waals surface area contributed by atoms with Gasteiger partial charge in [0.2, 0.25) is 11.8 Å². The Balaban J connectivity index is 1.54. The zero-order chi connectivity index (χ0) is 20.4. The van der Waals surface area contributed by atoms with Crippen molar-refractivity contribution in [2.75, 3.05) is 13.1 Å². The van der Waals surface area contributed by atoms with Crippen molar-refractivity contribution in [2.45, 2.75) is 30.2 Å². The summed E-state index contributed by atoms with van der Waals surface area (Å²) in [5.74, 6) is -0.830. The Labute approximate surface area is 170 Å². The molecule has 0 radical (unpaired) electrons. The Bertz CT molecular complexity index is 1050. The lowest BCUT2D eigenvalue weighted by Gasteiger charge is -2.32. The summed E-state index contributed by atoms with van der Waals surface area (Å²) in [6.45, 7) is 0.913. The van der Waals surface area contributed by atoms with Crippen LogP contribution in [0.4, 0.5) is 0 Å². The quantitative estimate of drug-likeness (QED) is 0.777. The largest absolute Gasteiger partial charge is 0.337 e. The van der Waals surface area contributed by atoms with Gasteiger partial charge in [-0.1, -0.05) is 54.6 Å². The fourth-order valence-corrected chi connectivity index (χ4v) is 5.51. The van der Waals surface area contributed by atoms with E-state index in [4.69, 9.17) is 0 Å². The highest BCUT2D eigenvalue weighted by atomic mass is 32.2. The van der Waals surface area contributed by atoms with E-state index in [1.807, 2.05) is 36.4 Å². The molecular formula is C22H22N2O4S. The molecule has 2 aromatic rings. The molecule has 2 aromatic carbocycles. The van der Waals surface area contributed by atoms with Crippen LogP contribution in [0.5, 0.6) is 0 Å². The minimum absolute atomic E-state index is 0.0259. The summed E-state index contributed by atoms with van der Waals surface area (Å²) < 4.78 is 26.8. The van der Waals surface area contributed by atoms with Crippen molar-refractivity contribution in [3.63, 3.8) is 0 Å². The van der Waals surface area contributed by atoms with Gasteiger partial charge in [0.1, 0.15) is 6.04 Å². The van der Waals surface area contributed by atoms with Gasteiger partial charge < -0.3 is 4.90 Å². The zero-order valence-corrected chi connectivity index (χ0v) is 16.7. The Morgan fingerprint density at radius 2 is 1.59 bits per heavy atom. The molecule has 0 spiro atoms. The third-order valence-electron chi connectivity index (χ3n) is 5.41. The minimum Gasteiger partial charge on any atom is -0.337 e. The molecule has 29 heavy (non-hydrogen) atoms. The van der Waals surface area contributed by atoms with Crippen molar-refractivity contribution in [1.29, 1.82) is 0 Å². The van der Waals surface area contributed by atoms with E-state index in [0.717, 1.165) is 9.87 Å². The topological polar surface area (TPSA) is 74.8 Å². The molecular weight excluding hydrogens is 388 g/mol. The van der Waals surface area contributed by atoms with Crippen LogP contribution in [-0.2, 0) is 19.6 Å². The zero-order valence-electron chi connectivity index (χ0n) is 15.9. The third-order valence-corrected chi connectivity index (χ3v) is 7.25. The van der Waals surface area contributed by atoms with Gasteiger partial charge in [-0.3, -0.25) is 9.59 Å². The molecule has 4 rings (SSSR count). The second kappa shape index (κ2) is 7.83. The molecule has 0 N–H and O–H groups in total. The normalized spacial score (nSPS) is 19.9. The predicted octanol–water partition coefficient (Wildman–Crippen LogP) is 2.68. The molecule has 1 fully saturated rings. The molecule has 1 unspecified atom stereocenters. The second-order valence-corrected chi connectivity index (χ2v) is 9.01. The lowest BCUT2D eigenvalue weighted by Crippen LogP contribution is -2.49. The second-order valence-electron chi connectivity index (χ2n) is 7.19. The standard InChI is InChI=1S/C22H22N2O4S/c25-21-12-11-20(24(21)29(27,28)19-9-5-2-6-10-19)22(26)23-15-13-18(14-16-23)17-7-3-1-4-8-17/h1-10,13,20H,11-12,14-16H2. The van der Waals surface area contributed by atoms with Crippen LogP contribution >= 0.6 is 0 Å². The van der Waals surface area contributed by atoms with E-state index in [2.05, 4.69) is 0 Å². The third kappa shape index (κ3) is 3.70. The van der Waals surface area contributed by atoms with E-state index in [-0.39, 0.29) is 23.6 Å². The highest BCUT2D eigenvalue weighted by Gasteiger charge is 2.45. The van der Waals surface area contributed by atoms with Crippen molar-refractivity contribution >= 4 is 27.4 Å². The van der Waals surface area contributed by atoms with Crippen LogP contribution in [0.25, 0.3) is 5.57 Å². The fourth-order valence-electron chi connectivity index (χ4n) is 3.89. The maximum Gasteiger partial charge on any atom is 0.267 e. The molecule has 7 heteroatoms. The van der Waals surface area contributed by atoms with Crippen molar-refractivity contribution < 1.29 is 18.0 Å². The lowest BCUT2D eigenvalue weighted by molar-refractivity contribution is -0.137. The number of hydrogen-bond donors (Lipinski definition) is 0. The van der Waals surface area contributed by atoms with Gasteiger partial charge in [-0.15, -0.1) is 0 Å². The number of hydrogen-bond acceptors (Lipinski definition) is 4. The molecule has 150 valence electrons. The average molecular weight is 410 g/mol. The Kier molecular flexibility index (Phi) is 5.24. The van der Waals surface area contributed by atoms with Crippen LogP contribution < -0.4 is 0 Å². The number of carbonyl (C=O) groups excluding carboxylic acids is 2. The summed E-state index contributed by atoms with van der Waals surface area (Å²) >= 11 is 0. The van der Waals surface area contributed by atoms with Crippen molar-refractivity contribution in [3.8, 4) is 0 Å². The number of sulfonamides is 1. The molecule has 0 aliphatic carbocycles. The van der Waals surface area contributed by atoms with Gasteiger partial charge in [-0.2, -0.15) is 0 Å². The summed E-state index contributed by atoms with van der Waals surface area (Å²) in [4.78, 5) is 27.2. The molecule has 2 aliphatic rings. The van der Waals surface area contributed by atoms with Gasteiger partial charge in [-0.25, -0.2) is 12.7 Å². The molecule has 0 bridgehead atoms. The molecule has 6 nitrogen and oxygen atoms in total. The first-order valence-electron chi connectivity index (χ1n) is 9.64. The van der Waals surface area contributed by atoms with Crippen LogP contribution in [0.15, 0.2) is 71.6 Å². The van der Waals surface area contributed by atoms with E-state index in [0.29, 0.717) is 19.5 Å². The smallest absolute Gasteiger partial charge is 0.267 e. The molecule has 1 saturated heterocycles. The number of rotatable bonds is 4. The molecule has 2 heterocycles. The van der Waals surface area contributed by atoms with Gasteiger partial charge in [0.05, 0.1) is 4.90 Å². The highest BCUT2D eigenvalue weighted by Crippen LogP contribution is 2.30. The SMILES string of the molecule is O=C(C1CCC(=O)N1S(=O)(=O)c1ccccc1)N1CC=C(c2ccccc2)CC1. The summed E-state index contributed by atoms with van der Waals surface area (Å²) in [5.41, 5.74) is 2.30. The molecule has 0 saturated carbocycles. The van der Waals surface area contributed by atoms with E-state index < -0.39 is 22.0 Å². The van der Waals surface area contributed by atoms with Gasteiger partial charge >= 0.3 is 0 Å². The molecule has 2 aliphatic heterocycles. The van der Waals surface area contributed by atoms with E-state index in [1.165, 1.54) is 17.7 Å². The number of carbonyl (C=O) groups is 2. The number of nitrogens with zero attached hydrogens (tertiary/aromatic N) is 2. The van der Waals surface area contributed by atoms with Crippen molar-refractivity contribution in [3.05, 3.63) is 72.3 Å². The first-order chi connectivity index (χ1) is 14.0. The van der Waals surface area contributed by atoms with Crippen molar-refractivity contribution in [1.82, 2.24) is 9.21 Å². The van der Waals surface area contributed by atoms with Crippen LogP contribution in [0.1, 0.15) is 24.8 Å². The van der Waals surface area contributed by atoms with Crippen LogP contribution in [-0.4, -0.2) is 48.6 Å². The lowest BCUT2D eigenvalue weighted by atomic mass is 9.99. The summed E-state index contributed by atoms with van der Waals surface area (Å²) in [5, 5.41) is 0. The molecule has 2 amide bonds. The maximum absolute atomic E-state index is 13.1. The monoisotopic (exact) mass is 410 g/mol. The first kappa shape index (κ1) is 19.4.